The molecule has 0 fully saturated rings. The van der Waals surface area contributed by atoms with Gasteiger partial charge in [-0.15, -0.1) is 0 Å². The molecule has 0 spiro atoms. The van der Waals surface area contributed by atoms with E-state index in [2.05, 4.69) is 0 Å². The molecule has 3 nitrogen and oxygen atoms in total. The SMILES string of the molecule is COCCC(C)C(=O)C(O)C(C)C. The number of Topliss-reactive ketones (excluding diaryl/α,β-unsaturated/α-hetero) is 1. The molecule has 2 atom stereocenters. The number of carbonyl (C=O) groups excluding carboxylic acids is 1. The van der Waals surface area contributed by atoms with E-state index in [1.807, 2.05) is 20.8 Å². The molecule has 0 radical (unpaired) electrons. The summed E-state index contributed by atoms with van der Waals surface area (Å²) >= 11 is 0. The predicted molar refractivity (Wildman–Crippen MR) is 51.5 cm³/mol. The largest absolute Gasteiger partial charge is 0.385 e. The molecule has 0 heterocycles. The summed E-state index contributed by atoms with van der Waals surface area (Å²) in [6.45, 7) is 6.07. The van der Waals surface area contributed by atoms with Crippen LogP contribution < -0.4 is 0 Å². The molecule has 0 aliphatic heterocycles. The third kappa shape index (κ3) is 4.39. The van der Waals surface area contributed by atoms with Gasteiger partial charge in [0, 0.05) is 19.6 Å². The maximum absolute atomic E-state index is 11.5. The lowest BCUT2D eigenvalue weighted by Gasteiger charge is -2.17. The summed E-state index contributed by atoms with van der Waals surface area (Å²) in [5.41, 5.74) is 0. The van der Waals surface area contributed by atoms with Gasteiger partial charge in [-0.3, -0.25) is 4.79 Å². The van der Waals surface area contributed by atoms with Crippen molar-refractivity contribution < 1.29 is 14.6 Å². The van der Waals surface area contributed by atoms with Crippen molar-refractivity contribution in [3.8, 4) is 0 Å². The summed E-state index contributed by atoms with van der Waals surface area (Å²) in [4.78, 5) is 11.5. The van der Waals surface area contributed by atoms with Crippen molar-refractivity contribution in [2.45, 2.75) is 33.3 Å². The molecule has 0 saturated heterocycles. The highest BCUT2D eigenvalue weighted by molar-refractivity contribution is 5.85. The summed E-state index contributed by atoms with van der Waals surface area (Å²) in [5.74, 6) is -0.193. The molecule has 1 N–H and O–H groups in total. The van der Waals surface area contributed by atoms with Crippen LogP contribution in [0, 0.1) is 11.8 Å². The summed E-state index contributed by atoms with van der Waals surface area (Å²) in [6, 6.07) is 0. The number of carbonyl (C=O) groups is 1. The predicted octanol–water partition coefficient (Wildman–Crippen LogP) is 1.25. The number of aliphatic hydroxyl groups is 1. The lowest BCUT2D eigenvalue weighted by molar-refractivity contribution is -0.133. The minimum Gasteiger partial charge on any atom is -0.385 e. The van der Waals surface area contributed by atoms with E-state index in [9.17, 15) is 9.90 Å². The fraction of sp³-hybridized carbons (Fsp3) is 0.900. The Bertz CT molecular complexity index is 154. The molecular weight excluding hydrogens is 168 g/mol. The van der Waals surface area contributed by atoms with E-state index in [1.165, 1.54) is 0 Å². The number of hydrogen-bond donors (Lipinski definition) is 1. The third-order valence-corrected chi connectivity index (χ3v) is 2.16. The highest BCUT2D eigenvalue weighted by Gasteiger charge is 2.23. The Balaban J connectivity index is 3.94. The van der Waals surface area contributed by atoms with Crippen LogP contribution in [0.2, 0.25) is 0 Å². The van der Waals surface area contributed by atoms with Crippen molar-refractivity contribution in [2.24, 2.45) is 11.8 Å². The molecule has 0 aromatic heterocycles. The zero-order chi connectivity index (χ0) is 10.4. The molecule has 0 amide bonds. The van der Waals surface area contributed by atoms with Crippen LogP contribution in [0.4, 0.5) is 0 Å². The molecule has 0 aromatic carbocycles. The molecule has 0 aromatic rings. The van der Waals surface area contributed by atoms with E-state index in [0.717, 1.165) is 0 Å². The zero-order valence-electron chi connectivity index (χ0n) is 8.91. The van der Waals surface area contributed by atoms with Crippen LogP contribution in [0.3, 0.4) is 0 Å². The lowest BCUT2D eigenvalue weighted by atomic mass is 9.93. The Kier molecular flexibility index (Phi) is 5.91. The number of aliphatic hydroxyl groups excluding tert-OH is 1. The van der Waals surface area contributed by atoms with Gasteiger partial charge >= 0.3 is 0 Å². The quantitative estimate of drug-likeness (QED) is 0.682. The van der Waals surface area contributed by atoms with E-state index in [4.69, 9.17) is 4.74 Å². The Morgan fingerprint density at radius 2 is 1.92 bits per heavy atom. The van der Waals surface area contributed by atoms with Gasteiger partial charge in [0.05, 0.1) is 0 Å². The van der Waals surface area contributed by atoms with Gasteiger partial charge in [-0.2, -0.15) is 0 Å². The van der Waals surface area contributed by atoms with Crippen molar-refractivity contribution in [3.05, 3.63) is 0 Å². The summed E-state index contributed by atoms with van der Waals surface area (Å²) in [7, 11) is 1.61. The van der Waals surface area contributed by atoms with Crippen LogP contribution in [-0.2, 0) is 9.53 Å². The molecule has 0 bridgehead atoms. The molecule has 0 rings (SSSR count). The van der Waals surface area contributed by atoms with Crippen molar-refractivity contribution in [1.29, 1.82) is 0 Å². The van der Waals surface area contributed by atoms with Gasteiger partial charge in [0.25, 0.3) is 0 Å². The number of ketones is 1. The fourth-order valence-corrected chi connectivity index (χ4v) is 1.06. The Morgan fingerprint density at radius 1 is 1.38 bits per heavy atom. The maximum atomic E-state index is 11.5. The van der Waals surface area contributed by atoms with Gasteiger partial charge in [0.1, 0.15) is 6.10 Å². The smallest absolute Gasteiger partial charge is 0.164 e. The van der Waals surface area contributed by atoms with E-state index in [-0.39, 0.29) is 17.6 Å². The first kappa shape index (κ1) is 12.6. The highest BCUT2D eigenvalue weighted by atomic mass is 16.5. The second-order valence-electron chi connectivity index (χ2n) is 3.77. The van der Waals surface area contributed by atoms with E-state index < -0.39 is 6.10 Å². The Hall–Kier alpha value is -0.410. The van der Waals surface area contributed by atoms with Gasteiger partial charge in [0.15, 0.2) is 5.78 Å². The molecular formula is C10H20O3. The second-order valence-corrected chi connectivity index (χ2v) is 3.77. The Morgan fingerprint density at radius 3 is 2.31 bits per heavy atom. The van der Waals surface area contributed by atoms with Crippen LogP contribution in [0.25, 0.3) is 0 Å². The zero-order valence-corrected chi connectivity index (χ0v) is 8.91. The molecule has 0 aliphatic rings. The molecule has 0 saturated carbocycles. The minimum absolute atomic E-state index is 0.00232. The van der Waals surface area contributed by atoms with Crippen LogP contribution in [0.1, 0.15) is 27.2 Å². The van der Waals surface area contributed by atoms with Crippen molar-refractivity contribution in [2.75, 3.05) is 13.7 Å². The molecule has 78 valence electrons. The van der Waals surface area contributed by atoms with Gasteiger partial charge in [-0.25, -0.2) is 0 Å². The minimum atomic E-state index is -0.827. The average Bonchev–Trinajstić information content (AvgIpc) is 2.11. The van der Waals surface area contributed by atoms with E-state index in [1.54, 1.807) is 7.11 Å². The molecule has 3 heteroatoms. The number of hydrogen-bond acceptors (Lipinski definition) is 3. The van der Waals surface area contributed by atoms with Gasteiger partial charge in [-0.05, 0) is 12.3 Å². The second kappa shape index (κ2) is 6.11. The van der Waals surface area contributed by atoms with E-state index in [0.29, 0.717) is 13.0 Å². The number of methoxy groups -OCH3 is 1. The molecule has 0 aliphatic carbocycles. The Labute approximate surface area is 80.1 Å². The topological polar surface area (TPSA) is 46.5 Å². The van der Waals surface area contributed by atoms with Crippen LogP contribution in [0.15, 0.2) is 0 Å². The molecule has 13 heavy (non-hydrogen) atoms. The third-order valence-electron chi connectivity index (χ3n) is 2.16. The first-order valence-corrected chi connectivity index (χ1v) is 4.71. The van der Waals surface area contributed by atoms with Gasteiger partial charge in [-0.1, -0.05) is 20.8 Å². The average molecular weight is 188 g/mol. The summed E-state index contributed by atoms with van der Waals surface area (Å²) in [5, 5.41) is 9.47. The van der Waals surface area contributed by atoms with Crippen molar-refractivity contribution >= 4 is 5.78 Å². The normalized spacial score (nSPS) is 15.8. The number of rotatable bonds is 6. The van der Waals surface area contributed by atoms with Crippen molar-refractivity contribution in [3.63, 3.8) is 0 Å². The maximum Gasteiger partial charge on any atom is 0.164 e. The number of ether oxygens (including phenoxy) is 1. The van der Waals surface area contributed by atoms with Gasteiger partial charge in [0.2, 0.25) is 0 Å². The standard InChI is InChI=1S/C10H20O3/c1-7(2)9(11)10(12)8(3)5-6-13-4/h7-9,11H,5-6H2,1-4H3. The summed E-state index contributed by atoms with van der Waals surface area (Å²) < 4.78 is 4.87. The fourth-order valence-electron chi connectivity index (χ4n) is 1.06. The lowest BCUT2D eigenvalue weighted by Crippen LogP contribution is -2.31. The first-order chi connectivity index (χ1) is 6.00. The first-order valence-electron chi connectivity index (χ1n) is 4.71. The van der Waals surface area contributed by atoms with Gasteiger partial charge < -0.3 is 9.84 Å². The van der Waals surface area contributed by atoms with E-state index >= 15 is 0 Å². The van der Waals surface area contributed by atoms with Crippen LogP contribution in [-0.4, -0.2) is 30.7 Å². The highest BCUT2D eigenvalue weighted by Crippen LogP contribution is 2.11. The monoisotopic (exact) mass is 188 g/mol. The van der Waals surface area contributed by atoms with Crippen molar-refractivity contribution in [1.82, 2.24) is 0 Å². The molecule has 2 unspecified atom stereocenters. The van der Waals surface area contributed by atoms with Crippen LogP contribution >= 0.6 is 0 Å². The van der Waals surface area contributed by atoms with Crippen LogP contribution in [0.5, 0.6) is 0 Å². The summed E-state index contributed by atoms with van der Waals surface area (Å²) in [6.07, 6.45) is -0.147.